The zero-order valence-electron chi connectivity index (χ0n) is 8.93. The van der Waals surface area contributed by atoms with E-state index >= 15 is 0 Å². The summed E-state index contributed by atoms with van der Waals surface area (Å²) in [6.07, 6.45) is 6.71. The highest BCUT2D eigenvalue weighted by Gasteiger charge is 2.06. The first-order chi connectivity index (χ1) is 7.93. The molecular weight excluding hydrogens is 196 g/mol. The average Bonchev–Trinajstić information content (AvgIpc) is 2.39. The number of nitrogens with zero attached hydrogens (tertiary/aromatic N) is 2. The first-order valence-corrected chi connectivity index (χ1v) is 5.47. The van der Waals surface area contributed by atoms with Gasteiger partial charge in [0.1, 0.15) is 0 Å². The summed E-state index contributed by atoms with van der Waals surface area (Å²) in [7, 11) is 0. The van der Waals surface area contributed by atoms with Crippen LogP contribution in [0.5, 0.6) is 0 Å². The van der Waals surface area contributed by atoms with Gasteiger partial charge in [-0.2, -0.15) is 0 Å². The minimum absolute atomic E-state index is 0.906. The molecule has 0 aliphatic carbocycles. The summed E-state index contributed by atoms with van der Waals surface area (Å²) in [5.41, 5.74) is 5.05. The van der Waals surface area contributed by atoms with Gasteiger partial charge in [0.05, 0.1) is 0 Å². The van der Waals surface area contributed by atoms with Crippen molar-refractivity contribution in [3.8, 4) is 11.1 Å². The molecule has 2 nitrogen and oxygen atoms in total. The fourth-order valence-corrected chi connectivity index (χ4v) is 2.01. The number of fused-ring (bicyclic) bond motifs is 1. The van der Waals surface area contributed by atoms with Gasteiger partial charge in [-0.1, -0.05) is 24.3 Å². The van der Waals surface area contributed by atoms with Gasteiger partial charge >= 0.3 is 0 Å². The molecule has 1 aliphatic heterocycles. The summed E-state index contributed by atoms with van der Waals surface area (Å²) >= 11 is 0. The molecule has 3 rings (SSSR count). The van der Waals surface area contributed by atoms with E-state index in [1.54, 1.807) is 6.20 Å². The van der Waals surface area contributed by atoms with Crippen molar-refractivity contribution in [1.82, 2.24) is 4.98 Å². The summed E-state index contributed by atoms with van der Waals surface area (Å²) in [4.78, 5) is 8.43. The molecule has 16 heavy (non-hydrogen) atoms. The number of rotatable bonds is 1. The number of aromatic nitrogens is 1. The maximum absolute atomic E-state index is 4.28. The molecule has 0 atom stereocenters. The lowest BCUT2D eigenvalue weighted by Gasteiger charge is -2.11. The first-order valence-electron chi connectivity index (χ1n) is 5.47. The second-order valence-electron chi connectivity index (χ2n) is 3.94. The summed E-state index contributed by atoms with van der Waals surface area (Å²) in [5.74, 6) is 0. The van der Waals surface area contributed by atoms with Crippen molar-refractivity contribution >= 4 is 6.21 Å². The highest BCUT2D eigenvalue weighted by molar-refractivity contribution is 5.84. The molecule has 0 unspecified atom stereocenters. The molecule has 1 aromatic carbocycles. The molecule has 0 bridgehead atoms. The average molecular weight is 208 g/mol. The van der Waals surface area contributed by atoms with Crippen LogP contribution in [0.1, 0.15) is 11.1 Å². The van der Waals surface area contributed by atoms with Crippen LogP contribution >= 0.6 is 0 Å². The van der Waals surface area contributed by atoms with Crippen molar-refractivity contribution in [2.45, 2.75) is 6.42 Å². The Morgan fingerprint density at radius 2 is 2.06 bits per heavy atom. The third-order valence-corrected chi connectivity index (χ3v) is 2.88. The lowest BCUT2D eigenvalue weighted by molar-refractivity contribution is 0.953. The SMILES string of the molecule is C1=NCCc2cc(-c3cccnc3)ccc21. The molecule has 0 saturated heterocycles. The van der Waals surface area contributed by atoms with Gasteiger partial charge in [0, 0.05) is 25.2 Å². The molecule has 0 N–H and O–H groups in total. The number of pyridine rings is 1. The zero-order valence-corrected chi connectivity index (χ0v) is 8.93. The van der Waals surface area contributed by atoms with Gasteiger partial charge in [0.25, 0.3) is 0 Å². The highest BCUT2D eigenvalue weighted by Crippen LogP contribution is 2.22. The van der Waals surface area contributed by atoms with E-state index in [4.69, 9.17) is 0 Å². The minimum atomic E-state index is 0.906. The fourth-order valence-electron chi connectivity index (χ4n) is 2.01. The topological polar surface area (TPSA) is 25.2 Å². The Morgan fingerprint density at radius 1 is 1.06 bits per heavy atom. The van der Waals surface area contributed by atoms with E-state index in [2.05, 4.69) is 34.2 Å². The van der Waals surface area contributed by atoms with Crippen LogP contribution in [0.4, 0.5) is 0 Å². The van der Waals surface area contributed by atoms with Gasteiger partial charge in [0.15, 0.2) is 0 Å². The fraction of sp³-hybridized carbons (Fsp3) is 0.143. The number of aliphatic imine (C=N–C) groups is 1. The molecule has 1 aliphatic rings. The van der Waals surface area contributed by atoms with Crippen molar-refractivity contribution in [3.63, 3.8) is 0 Å². The second-order valence-corrected chi connectivity index (χ2v) is 3.94. The quantitative estimate of drug-likeness (QED) is 0.707. The standard InChI is InChI=1S/C14H12N2/c1-2-13(9-15-6-1)11-3-4-14-10-16-7-5-12(14)8-11/h1-4,6,8-10H,5,7H2. The third kappa shape index (κ3) is 1.63. The molecule has 2 aromatic rings. The highest BCUT2D eigenvalue weighted by atomic mass is 14.7. The smallest absolute Gasteiger partial charge is 0.0430 e. The Hall–Kier alpha value is -1.96. The van der Waals surface area contributed by atoms with Crippen LogP contribution in [0.15, 0.2) is 47.7 Å². The van der Waals surface area contributed by atoms with Crippen molar-refractivity contribution in [1.29, 1.82) is 0 Å². The maximum Gasteiger partial charge on any atom is 0.0430 e. The van der Waals surface area contributed by atoms with Gasteiger partial charge in [-0.15, -0.1) is 0 Å². The lowest BCUT2D eigenvalue weighted by atomic mass is 9.97. The monoisotopic (exact) mass is 208 g/mol. The summed E-state index contributed by atoms with van der Waals surface area (Å²) < 4.78 is 0. The molecule has 0 fully saturated rings. The Bertz CT molecular complexity index is 530. The Kier molecular flexibility index (Phi) is 2.26. The van der Waals surface area contributed by atoms with Crippen LogP contribution in [0.25, 0.3) is 11.1 Å². The molecule has 0 radical (unpaired) electrons. The first kappa shape index (κ1) is 9.28. The zero-order chi connectivity index (χ0) is 10.8. The van der Waals surface area contributed by atoms with Crippen molar-refractivity contribution < 1.29 is 0 Å². The van der Waals surface area contributed by atoms with E-state index in [1.807, 2.05) is 18.5 Å². The van der Waals surface area contributed by atoms with Gasteiger partial charge in [-0.3, -0.25) is 9.98 Å². The molecule has 0 spiro atoms. The summed E-state index contributed by atoms with van der Waals surface area (Å²) in [6, 6.07) is 10.6. The molecule has 78 valence electrons. The molecule has 0 saturated carbocycles. The van der Waals surface area contributed by atoms with Crippen LogP contribution in [0.2, 0.25) is 0 Å². The van der Waals surface area contributed by atoms with E-state index in [-0.39, 0.29) is 0 Å². The third-order valence-electron chi connectivity index (χ3n) is 2.88. The van der Waals surface area contributed by atoms with Crippen molar-refractivity contribution in [3.05, 3.63) is 53.9 Å². The van der Waals surface area contributed by atoms with E-state index < -0.39 is 0 Å². The van der Waals surface area contributed by atoms with Gasteiger partial charge in [-0.05, 0) is 34.7 Å². The van der Waals surface area contributed by atoms with Crippen LogP contribution in [-0.4, -0.2) is 17.7 Å². The number of hydrogen-bond acceptors (Lipinski definition) is 2. The summed E-state index contributed by atoms with van der Waals surface area (Å²) in [6.45, 7) is 0.906. The predicted octanol–water partition coefficient (Wildman–Crippen LogP) is 2.72. The normalized spacial score (nSPS) is 13.5. The number of hydrogen-bond donors (Lipinski definition) is 0. The van der Waals surface area contributed by atoms with Crippen LogP contribution < -0.4 is 0 Å². The molecular formula is C14H12N2. The van der Waals surface area contributed by atoms with Crippen LogP contribution in [0.3, 0.4) is 0 Å². The largest absolute Gasteiger partial charge is 0.292 e. The maximum atomic E-state index is 4.28. The molecule has 2 heteroatoms. The molecule has 1 aromatic heterocycles. The lowest BCUT2D eigenvalue weighted by Crippen LogP contribution is -2.02. The molecule has 2 heterocycles. The van der Waals surface area contributed by atoms with E-state index in [1.165, 1.54) is 22.3 Å². The summed E-state index contributed by atoms with van der Waals surface area (Å²) in [5, 5.41) is 0. The van der Waals surface area contributed by atoms with Crippen LogP contribution in [0, 0.1) is 0 Å². The van der Waals surface area contributed by atoms with Crippen LogP contribution in [-0.2, 0) is 6.42 Å². The van der Waals surface area contributed by atoms with Crippen molar-refractivity contribution in [2.24, 2.45) is 4.99 Å². The van der Waals surface area contributed by atoms with Gasteiger partial charge < -0.3 is 0 Å². The molecule has 0 amide bonds. The van der Waals surface area contributed by atoms with Gasteiger partial charge in [0.2, 0.25) is 0 Å². The van der Waals surface area contributed by atoms with E-state index in [9.17, 15) is 0 Å². The Morgan fingerprint density at radius 3 is 2.94 bits per heavy atom. The minimum Gasteiger partial charge on any atom is -0.292 e. The number of benzene rings is 1. The Labute approximate surface area is 94.7 Å². The predicted molar refractivity (Wildman–Crippen MR) is 65.8 cm³/mol. The van der Waals surface area contributed by atoms with Gasteiger partial charge in [-0.25, -0.2) is 0 Å². The second kappa shape index (κ2) is 3.89. The van der Waals surface area contributed by atoms with E-state index in [0.29, 0.717) is 0 Å². The van der Waals surface area contributed by atoms with E-state index in [0.717, 1.165) is 13.0 Å². The van der Waals surface area contributed by atoms with Crippen molar-refractivity contribution in [2.75, 3.05) is 6.54 Å². The Balaban J connectivity index is 2.07.